The molecule has 0 radical (unpaired) electrons. The minimum atomic E-state index is -0.598. The number of urea groups is 1. The number of aryl methyl sites for hydroxylation is 1. The van der Waals surface area contributed by atoms with Crippen LogP contribution in [-0.2, 0) is 0 Å². The molecule has 3 rings (SSSR count). The molecule has 0 aliphatic carbocycles. The van der Waals surface area contributed by atoms with Crippen molar-refractivity contribution < 1.29 is 4.79 Å². The van der Waals surface area contributed by atoms with Crippen molar-refractivity contribution >= 4 is 22.6 Å². The third-order valence-corrected chi connectivity index (χ3v) is 3.58. The van der Waals surface area contributed by atoms with Crippen molar-refractivity contribution in [3.05, 3.63) is 65.6 Å². The molecule has 116 valence electrons. The fourth-order valence-corrected chi connectivity index (χ4v) is 2.53. The number of primary amides is 1. The molecule has 0 saturated heterocycles. The van der Waals surface area contributed by atoms with Crippen LogP contribution in [0.5, 0.6) is 0 Å². The summed E-state index contributed by atoms with van der Waals surface area (Å²) < 4.78 is 0. The second kappa shape index (κ2) is 6.02. The van der Waals surface area contributed by atoms with E-state index >= 15 is 0 Å². The summed E-state index contributed by atoms with van der Waals surface area (Å²) in [6.45, 7) is 1.85. The predicted octanol–water partition coefficient (Wildman–Crippen LogP) is 2.48. The number of amides is 2. The Labute approximate surface area is 133 Å². The van der Waals surface area contributed by atoms with E-state index in [4.69, 9.17) is 11.5 Å². The van der Waals surface area contributed by atoms with Crippen molar-refractivity contribution in [2.45, 2.75) is 13.0 Å². The summed E-state index contributed by atoms with van der Waals surface area (Å²) in [5.41, 5.74) is 14.7. The van der Waals surface area contributed by atoms with E-state index in [1.54, 1.807) is 12.1 Å². The number of fused-ring (bicyclic) bond motifs is 1. The summed E-state index contributed by atoms with van der Waals surface area (Å²) in [5.74, 6) is 0.682. The molecule has 1 unspecified atom stereocenters. The first kappa shape index (κ1) is 14.9. The molecule has 2 aromatic carbocycles. The van der Waals surface area contributed by atoms with Crippen LogP contribution in [0.3, 0.4) is 0 Å². The minimum absolute atomic E-state index is 0.385. The van der Waals surface area contributed by atoms with Crippen molar-refractivity contribution in [1.29, 1.82) is 0 Å². The first-order valence-corrected chi connectivity index (χ1v) is 7.20. The average molecular weight is 307 g/mol. The minimum Gasteiger partial charge on any atom is -0.351 e. The topological polar surface area (TPSA) is 107 Å². The highest BCUT2D eigenvalue weighted by molar-refractivity contribution is 5.87. The van der Waals surface area contributed by atoms with Gasteiger partial charge < -0.3 is 16.8 Å². The number of benzene rings is 2. The van der Waals surface area contributed by atoms with Gasteiger partial charge in [-0.1, -0.05) is 30.3 Å². The quantitative estimate of drug-likeness (QED) is 0.691. The summed E-state index contributed by atoms with van der Waals surface area (Å²) in [5, 5.41) is 3.46. The Morgan fingerprint density at radius 1 is 1.09 bits per heavy atom. The lowest BCUT2D eigenvalue weighted by Gasteiger charge is -2.15. The Morgan fingerprint density at radius 3 is 2.48 bits per heavy atom. The van der Waals surface area contributed by atoms with Crippen molar-refractivity contribution in [3.8, 4) is 0 Å². The highest BCUT2D eigenvalue weighted by Crippen LogP contribution is 2.25. The van der Waals surface area contributed by atoms with E-state index in [1.165, 1.54) is 0 Å². The van der Waals surface area contributed by atoms with Gasteiger partial charge in [0, 0.05) is 11.1 Å². The summed E-state index contributed by atoms with van der Waals surface area (Å²) in [7, 11) is 0. The summed E-state index contributed by atoms with van der Waals surface area (Å²) in [6, 6.07) is 14.0. The maximum Gasteiger partial charge on any atom is 0.316 e. The Morgan fingerprint density at radius 2 is 1.78 bits per heavy atom. The fourth-order valence-electron chi connectivity index (χ4n) is 2.53. The monoisotopic (exact) mass is 307 g/mol. The Hall–Kier alpha value is -2.99. The second-order valence-electron chi connectivity index (χ2n) is 5.26. The third-order valence-electron chi connectivity index (χ3n) is 3.58. The predicted molar refractivity (Wildman–Crippen MR) is 90.0 cm³/mol. The van der Waals surface area contributed by atoms with Crippen LogP contribution in [0.2, 0.25) is 0 Å². The zero-order chi connectivity index (χ0) is 16.4. The van der Waals surface area contributed by atoms with Crippen LogP contribution >= 0.6 is 0 Å². The van der Waals surface area contributed by atoms with Crippen LogP contribution < -0.4 is 16.8 Å². The smallest absolute Gasteiger partial charge is 0.316 e. The number of carbonyl (C=O) groups excluding carboxylic acids is 1. The van der Waals surface area contributed by atoms with Gasteiger partial charge in [0.1, 0.15) is 5.82 Å². The Kier molecular flexibility index (Phi) is 3.91. The van der Waals surface area contributed by atoms with Crippen molar-refractivity contribution in [1.82, 2.24) is 9.97 Å². The maximum atomic E-state index is 10.9. The summed E-state index contributed by atoms with van der Waals surface area (Å²) in [6.07, 6.45) is 0. The number of para-hydroxylation sites is 1. The van der Waals surface area contributed by atoms with Crippen LogP contribution in [0.1, 0.15) is 23.1 Å². The van der Waals surface area contributed by atoms with Gasteiger partial charge in [0.15, 0.2) is 0 Å². The summed E-state index contributed by atoms with van der Waals surface area (Å²) in [4.78, 5) is 19.8. The number of hydrogen-bond acceptors (Lipinski definition) is 4. The van der Waals surface area contributed by atoms with Gasteiger partial charge in [0.05, 0.1) is 17.3 Å². The molecule has 0 aliphatic heterocycles. The first-order chi connectivity index (χ1) is 11.0. The second-order valence-corrected chi connectivity index (χ2v) is 5.26. The van der Waals surface area contributed by atoms with Gasteiger partial charge in [-0.3, -0.25) is 0 Å². The number of anilines is 1. The van der Waals surface area contributed by atoms with Crippen LogP contribution in [-0.4, -0.2) is 16.0 Å². The molecule has 1 atom stereocenters. The van der Waals surface area contributed by atoms with Crippen LogP contribution in [0, 0.1) is 6.92 Å². The van der Waals surface area contributed by atoms with Crippen LogP contribution in [0.4, 0.5) is 10.5 Å². The van der Waals surface area contributed by atoms with E-state index in [1.807, 2.05) is 43.3 Å². The maximum absolute atomic E-state index is 10.9. The van der Waals surface area contributed by atoms with Crippen LogP contribution in [0.15, 0.2) is 48.5 Å². The molecule has 6 heteroatoms. The number of nitrogens with one attached hydrogen (secondary N) is 1. The molecular weight excluding hydrogens is 290 g/mol. The van der Waals surface area contributed by atoms with E-state index in [0.29, 0.717) is 11.5 Å². The third kappa shape index (κ3) is 3.12. The van der Waals surface area contributed by atoms with Crippen molar-refractivity contribution in [2.75, 3.05) is 5.32 Å². The highest BCUT2D eigenvalue weighted by Gasteiger charge is 2.15. The molecule has 2 amide bonds. The van der Waals surface area contributed by atoms with E-state index in [2.05, 4.69) is 15.3 Å². The van der Waals surface area contributed by atoms with Gasteiger partial charge in [-0.25, -0.2) is 14.8 Å². The normalized spacial score (nSPS) is 12.1. The average Bonchev–Trinajstić information content (AvgIpc) is 2.53. The lowest BCUT2D eigenvalue weighted by Crippen LogP contribution is -2.19. The van der Waals surface area contributed by atoms with Gasteiger partial charge in [0.25, 0.3) is 0 Å². The van der Waals surface area contributed by atoms with E-state index in [-0.39, 0.29) is 6.04 Å². The molecule has 0 fully saturated rings. The zero-order valence-electron chi connectivity index (χ0n) is 12.7. The molecule has 5 N–H and O–H groups in total. The molecule has 1 heterocycles. The Balaban J connectivity index is 2.00. The van der Waals surface area contributed by atoms with E-state index in [0.717, 1.165) is 22.2 Å². The van der Waals surface area contributed by atoms with Gasteiger partial charge in [-0.15, -0.1) is 0 Å². The lowest BCUT2D eigenvalue weighted by molar-refractivity contribution is 0.259. The van der Waals surface area contributed by atoms with Gasteiger partial charge in [-0.05, 0) is 30.7 Å². The largest absolute Gasteiger partial charge is 0.351 e. The van der Waals surface area contributed by atoms with Gasteiger partial charge in [0.2, 0.25) is 0 Å². The van der Waals surface area contributed by atoms with Crippen LogP contribution in [0.25, 0.3) is 10.9 Å². The lowest BCUT2D eigenvalue weighted by atomic mass is 10.0. The SMILES string of the molecule is Cc1nc(C(N)c2ccc(NC(N)=O)cc2)c2ccccc2n1. The molecule has 0 bridgehead atoms. The Bertz CT molecular complexity index is 860. The molecular formula is C17H17N5O. The standard InChI is InChI=1S/C17H17N5O/c1-10-20-14-5-3-2-4-13(14)16(21-10)15(18)11-6-8-12(9-7-11)22-17(19)23/h2-9,15H,18H2,1H3,(H3,19,22,23). The number of nitrogens with two attached hydrogens (primary N) is 2. The highest BCUT2D eigenvalue weighted by atomic mass is 16.2. The molecule has 6 nitrogen and oxygen atoms in total. The molecule has 23 heavy (non-hydrogen) atoms. The molecule has 0 spiro atoms. The van der Waals surface area contributed by atoms with Crippen molar-refractivity contribution in [3.63, 3.8) is 0 Å². The fraction of sp³-hybridized carbons (Fsp3) is 0.118. The van der Waals surface area contributed by atoms with E-state index < -0.39 is 6.03 Å². The molecule has 3 aromatic rings. The molecule has 0 aliphatic rings. The number of hydrogen-bond donors (Lipinski definition) is 3. The number of carbonyl (C=O) groups is 1. The molecule has 1 aromatic heterocycles. The number of aromatic nitrogens is 2. The van der Waals surface area contributed by atoms with Crippen molar-refractivity contribution in [2.24, 2.45) is 11.5 Å². The number of nitrogens with zero attached hydrogens (tertiary/aromatic N) is 2. The zero-order valence-corrected chi connectivity index (χ0v) is 12.7. The molecule has 0 saturated carbocycles. The first-order valence-electron chi connectivity index (χ1n) is 7.20. The van der Waals surface area contributed by atoms with Gasteiger partial charge in [-0.2, -0.15) is 0 Å². The van der Waals surface area contributed by atoms with Gasteiger partial charge >= 0.3 is 6.03 Å². The van der Waals surface area contributed by atoms with E-state index in [9.17, 15) is 4.79 Å². The number of rotatable bonds is 3. The summed E-state index contributed by atoms with van der Waals surface area (Å²) >= 11 is 0.